The molecule has 0 saturated heterocycles. The van der Waals surface area contributed by atoms with Gasteiger partial charge < -0.3 is 14.8 Å². The van der Waals surface area contributed by atoms with Crippen molar-refractivity contribution in [2.45, 2.75) is 34.2 Å². The Balaban J connectivity index is 2.61. The minimum absolute atomic E-state index is 0.511. The molecule has 3 nitrogen and oxygen atoms in total. The molecule has 0 unspecified atom stereocenters. The van der Waals surface area contributed by atoms with Gasteiger partial charge in [0.1, 0.15) is 0 Å². The first kappa shape index (κ1) is 15.8. The van der Waals surface area contributed by atoms with Crippen LogP contribution in [0.25, 0.3) is 0 Å². The maximum absolute atomic E-state index is 5.74. The van der Waals surface area contributed by atoms with Gasteiger partial charge in [-0.2, -0.15) is 0 Å². The van der Waals surface area contributed by atoms with E-state index in [4.69, 9.17) is 9.47 Å². The lowest BCUT2D eigenvalue weighted by atomic mass is 10.1. The maximum Gasteiger partial charge on any atom is 0.161 e. The van der Waals surface area contributed by atoms with Crippen molar-refractivity contribution < 1.29 is 9.47 Å². The van der Waals surface area contributed by atoms with Gasteiger partial charge in [-0.25, -0.2) is 0 Å². The second kappa shape index (κ2) is 8.05. The van der Waals surface area contributed by atoms with E-state index in [1.54, 1.807) is 7.11 Å². The Hall–Kier alpha value is -1.22. The van der Waals surface area contributed by atoms with Crippen molar-refractivity contribution >= 4 is 0 Å². The van der Waals surface area contributed by atoms with E-state index in [0.717, 1.165) is 24.6 Å². The van der Waals surface area contributed by atoms with E-state index in [-0.39, 0.29) is 0 Å². The minimum atomic E-state index is 0.511. The molecule has 3 heteroatoms. The average Bonchev–Trinajstić information content (AvgIpc) is 2.36. The topological polar surface area (TPSA) is 30.5 Å². The predicted molar refractivity (Wildman–Crippen MR) is 79.9 cm³/mol. The van der Waals surface area contributed by atoms with Gasteiger partial charge in [-0.1, -0.05) is 33.8 Å². The molecule has 0 amide bonds. The van der Waals surface area contributed by atoms with E-state index in [9.17, 15) is 0 Å². The lowest BCUT2D eigenvalue weighted by Gasteiger charge is -2.14. The van der Waals surface area contributed by atoms with Crippen molar-refractivity contribution in [1.82, 2.24) is 5.32 Å². The number of nitrogens with one attached hydrogen (secondary N) is 1. The highest BCUT2D eigenvalue weighted by Gasteiger charge is 2.06. The van der Waals surface area contributed by atoms with Crippen LogP contribution in [0, 0.1) is 11.8 Å². The van der Waals surface area contributed by atoms with Gasteiger partial charge in [0.15, 0.2) is 11.5 Å². The summed E-state index contributed by atoms with van der Waals surface area (Å²) in [7, 11) is 1.68. The summed E-state index contributed by atoms with van der Waals surface area (Å²) in [5.41, 5.74) is 1.22. The summed E-state index contributed by atoms with van der Waals surface area (Å²) in [5, 5.41) is 3.43. The second-order valence-electron chi connectivity index (χ2n) is 5.71. The molecule has 0 saturated carbocycles. The molecule has 0 radical (unpaired) electrons. The van der Waals surface area contributed by atoms with Crippen LogP contribution in [-0.4, -0.2) is 20.3 Å². The van der Waals surface area contributed by atoms with Crippen LogP contribution in [0.2, 0.25) is 0 Å². The minimum Gasteiger partial charge on any atom is -0.493 e. The van der Waals surface area contributed by atoms with Gasteiger partial charge in [-0.3, -0.25) is 0 Å². The summed E-state index contributed by atoms with van der Waals surface area (Å²) < 4.78 is 11.1. The highest BCUT2D eigenvalue weighted by molar-refractivity contribution is 5.42. The van der Waals surface area contributed by atoms with Crippen LogP contribution >= 0.6 is 0 Å². The highest BCUT2D eigenvalue weighted by atomic mass is 16.5. The van der Waals surface area contributed by atoms with Crippen LogP contribution in [0.1, 0.15) is 33.3 Å². The Bertz CT molecular complexity index is 375. The molecule has 0 aromatic heterocycles. The molecule has 1 N–H and O–H groups in total. The number of rotatable bonds is 8. The number of methoxy groups -OCH3 is 1. The molecule has 1 rings (SSSR count). The van der Waals surface area contributed by atoms with E-state index in [0.29, 0.717) is 18.4 Å². The van der Waals surface area contributed by atoms with Crippen LogP contribution in [0.3, 0.4) is 0 Å². The van der Waals surface area contributed by atoms with Gasteiger partial charge in [0.25, 0.3) is 0 Å². The zero-order valence-corrected chi connectivity index (χ0v) is 12.8. The molecule has 0 aliphatic rings. The van der Waals surface area contributed by atoms with Gasteiger partial charge >= 0.3 is 0 Å². The summed E-state index contributed by atoms with van der Waals surface area (Å²) in [5.74, 6) is 2.81. The van der Waals surface area contributed by atoms with Crippen LogP contribution in [0.5, 0.6) is 11.5 Å². The number of benzene rings is 1. The van der Waals surface area contributed by atoms with Gasteiger partial charge in [-0.15, -0.1) is 0 Å². The van der Waals surface area contributed by atoms with E-state index in [2.05, 4.69) is 39.1 Å². The highest BCUT2D eigenvalue weighted by Crippen LogP contribution is 2.28. The molecule has 108 valence electrons. The molecule has 1 aromatic carbocycles. The number of hydrogen-bond donors (Lipinski definition) is 1. The molecule has 0 atom stereocenters. The van der Waals surface area contributed by atoms with Crippen molar-refractivity contribution in [1.29, 1.82) is 0 Å². The normalized spacial score (nSPS) is 11.1. The van der Waals surface area contributed by atoms with Crippen molar-refractivity contribution in [3.05, 3.63) is 23.8 Å². The molecule has 0 aliphatic carbocycles. The maximum atomic E-state index is 5.74. The van der Waals surface area contributed by atoms with Crippen molar-refractivity contribution in [3.8, 4) is 11.5 Å². The number of hydrogen-bond acceptors (Lipinski definition) is 3. The fourth-order valence-electron chi connectivity index (χ4n) is 1.70. The molecule has 0 bridgehead atoms. The fourth-order valence-corrected chi connectivity index (χ4v) is 1.70. The first-order valence-corrected chi connectivity index (χ1v) is 7.03. The molecule has 1 aromatic rings. The molecule has 0 aliphatic heterocycles. The summed E-state index contributed by atoms with van der Waals surface area (Å²) in [4.78, 5) is 0. The third-order valence-electron chi connectivity index (χ3n) is 2.68. The third kappa shape index (κ3) is 5.97. The van der Waals surface area contributed by atoms with Crippen LogP contribution in [-0.2, 0) is 6.54 Å². The second-order valence-corrected chi connectivity index (χ2v) is 5.71. The SMILES string of the molecule is COc1cc(CNCC(C)C)ccc1OCC(C)C. The quantitative estimate of drug-likeness (QED) is 0.780. The fraction of sp³-hybridized carbons (Fsp3) is 0.625. The van der Waals surface area contributed by atoms with Crippen LogP contribution in [0.15, 0.2) is 18.2 Å². The molecule has 0 fully saturated rings. The van der Waals surface area contributed by atoms with Crippen molar-refractivity contribution in [2.75, 3.05) is 20.3 Å². The van der Waals surface area contributed by atoms with E-state index in [1.807, 2.05) is 12.1 Å². The van der Waals surface area contributed by atoms with E-state index in [1.165, 1.54) is 5.56 Å². The Labute approximate surface area is 117 Å². The van der Waals surface area contributed by atoms with Gasteiger partial charge in [0.05, 0.1) is 13.7 Å². The molecule has 19 heavy (non-hydrogen) atoms. The molecule has 0 heterocycles. The van der Waals surface area contributed by atoms with Gasteiger partial charge in [0, 0.05) is 6.54 Å². The zero-order chi connectivity index (χ0) is 14.3. The number of ether oxygens (including phenoxy) is 2. The summed E-state index contributed by atoms with van der Waals surface area (Å²) in [6, 6.07) is 6.13. The van der Waals surface area contributed by atoms with E-state index < -0.39 is 0 Å². The predicted octanol–water partition coefficient (Wildman–Crippen LogP) is 3.48. The zero-order valence-electron chi connectivity index (χ0n) is 12.8. The van der Waals surface area contributed by atoms with Crippen molar-refractivity contribution in [3.63, 3.8) is 0 Å². The summed E-state index contributed by atoms with van der Waals surface area (Å²) >= 11 is 0. The van der Waals surface area contributed by atoms with Gasteiger partial charge in [0.2, 0.25) is 0 Å². The Morgan fingerprint density at radius 1 is 1.05 bits per heavy atom. The average molecular weight is 265 g/mol. The molecular formula is C16H27NO2. The Morgan fingerprint density at radius 2 is 1.79 bits per heavy atom. The summed E-state index contributed by atoms with van der Waals surface area (Å²) in [6.45, 7) is 11.3. The molecule has 0 spiro atoms. The largest absolute Gasteiger partial charge is 0.493 e. The van der Waals surface area contributed by atoms with Crippen molar-refractivity contribution in [2.24, 2.45) is 11.8 Å². The monoisotopic (exact) mass is 265 g/mol. The summed E-state index contributed by atoms with van der Waals surface area (Å²) in [6.07, 6.45) is 0. The lowest BCUT2D eigenvalue weighted by molar-refractivity contribution is 0.256. The smallest absolute Gasteiger partial charge is 0.161 e. The third-order valence-corrected chi connectivity index (χ3v) is 2.68. The Kier molecular flexibility index (Phi) is 6.71. The first-order chi connectivity index (χ1) is 9.02. The van der Waals surface area contributed by atoms with Crippen LogP contribution in [0.4, 0.5) is 0 Å². The molecular weight excluding hydrogens is 238 g/mol. The van der Waals surface area contributed by atoms with Crippen LogP contribution < -0.4 is 14.8 Å². The lowest BCUT2D eigenvalue weighted by Crippen LogP contribution is -2.19. The van der Waals surface area contributed by atoms with Gasteiger partial charge in [-0.05, 0) is 36.1 Å². The standard InChI is InChI=1S/C16H27NO2/c1-12(2)9-17-10-14-6-7-15(16(8-14)18-5)19-11-13(3)4/h6-8,12-13,17H,9-11H2,1-5H3. The Morgan fingerprint density at radius 3 is 2.37 bits per heavy atom. The van der Waals surface area contributed by atoms with E-state index >= 15 is 0 Å². The first-order valence-electron chi connectivity index (χ1n) is 7.03.